The third-order valence-electron chi connectivity index (χ3n) is 5.58. The molecule has 0 bridgehead atoms. The van der Waals surface area contributed by atoms with Crippen LogP contribution in [0.15, 0.2) is 0 Å². The molecule has 4 heteroatoms. The van der Waals surface area contributed by atoms with Crippen LogP contribution in [0.2, 0.25) is 28.2 Å². The monoisotopic (exact) mass is 322 g/mol. The van der Waals surface area contributed by atoms with Gasteiger partial charge in [-0.05, 0) is 17.5 Å². The van der Waals surface area contributed by atoms with Crippen molar-refractivity contribution < 1.29 is 4.43 Å². The van der Waals surface area contributed by atoms with Crippen molar-refractivity contribution in [3.05, 3.63) is 0 Å². The highest BCUT2D eigenvalue weighted by atomic mass is 35.5. The summed E-state index contributed by atoms with van der Waals surface area (Å²) in [6, 6.07) is 1.52. The van der Waals surface area contributed by atoms with Gasteiger partial charge >= 0.3 is 0 Å². The van der Waals surface area contributed by atoms with Crippen molar-refractivity contribution in [1.29, 1.82) is 0 Å². The maximum absolute atomic E-state index is 6.73. The van der Waals surface area contributed by atoms with E-state index in [-0.39, 0.29) is 12.4 Å². The second-order valence-corrected chi connectivity index (χ2v) is 21.6. The summed E-state index contributed by atoms with van der Waals surface area (Å²) in [5, 5.41) is 0. The molecule has 1 aliphatic heterocycles. The van der Waals surface area contributed by atoms with Crippen molar-refractivity contribution in [2.75, 3.05) is 6.61 Å². The molecule has 0 amide bonds. The highest BCUT2D eigenvalue weighted by Gasteiger charge is 2.63. The van der Waals surface area contributed by atoms with E-state index >= 15 is 0 Å². The van der Waals surface area contributed by atoms with E-state index in [9.17, 15) is 0 Å². The Kier molecular flexibility index (Phi) is 7.36. The molecular weight excluding hydrogens is 288 g/mol. The van der Waals surface area contributed by atoms with Crippen LogP contribution in [-0.4, -0.2) is 22.0 Å². The van der Waals surface area contributed by atoms with Gasteiger partial charge < -0.3 is 4.43 Å². The van der Waals surface area contributed by atoms with Gasteiger partial charge in [-0.1, -0.05) is 72.5 Å². The van der Waals surface area contributed by atoms with Crippen LogP contribution in [0.25, 0.3) is 0 Å². The second kappa shape index (κ2) is 7.10. The first-order chi connectivity index (χ1) is 8.23. The lowest BCUT2D eigenvalue weighted by molar-refractivity contribution is 0.284. The number of hydrogen-bond donors (Lipinski definition) is 0. The summed E-state index contributed by atoms with van der Waals surface area (Å²) >= 11 is 0. The fraction of sp³-hybridized carbons (Fsp3) is 1.00. The normalized spacial score (nSPS) is 22.1. The molecule has 1 aliphatic rings. The largest absolute Gasteiger partial charge is 0.419 e. The zero-order valence-electron chi connectivity index (χ0n) is 14.2. The Morgan fingerprint density at radius 3 is 1.42 bits per heavy atom. The van der Waals surface area contributed by atoms with Crippen LogP contribution in [-0.2, 0) is 4.43 Å². The number of hydrogen-bond acceptors (Lipinski definition) is 1. The molecular formula is C15H35ClOSi2. The summed E-state index contributed by atoms with van der Waals surface area (Å²) in [5.74, 6) is 0. The fourth-order valence-electron chi connectivity index (χ4n) is 5.16. The van der Waals surface area contributed by atoms with Crippen molar-refractivity contribution in [2.24, 2.45) is 0 Å². The van der Waals surface area contributed by atoms with Gasteiger partial charge in [0.1, 0.15) is 0 Å². The van der Waals surface area contributed by atoms with E-state index in [0.29, 0.717) is 0 Å². The van der Waals surface area contributed by atoms with Crippen molar-refractivity contribution >= 4 is 27.8 Å². The minimum atomic E-state index is -1.60. The smallest absolute Gasteiger partial charge is 0.185 e. The van der Waals surface area contributed by atoms with E-state index in [1.807, 2.05) is 0 Å². The predicted molar refractivity (Wildman–Crippen MR) is 94.5 cm³/mol. The first kappa shape index (κ1) is 19.7. The molecule has 1 heterocycles. The molecule has 0 N–H and O–H groups in total. The van der Waals surface area contributed by atoms with Crippen LogP contribution in [0.3, 0.4) is 0 Å². The summed E-state index contributed by atoms with van der Waals surface area (Å²) in [7, 11) is -2.93. The molecule has 1 fully saturated rings. The topological polar surface area (TPSA) is 9.23 Å². The third kappa shape index (κ3) is 2.85. The predicted octanol–water partition coefficient (Wildman–Crippen LogP) is 5.94. The lowest BCUT2D eigenvalue weighted by Crippen LogP contribution is -2.73. The Morgan fingerprint density at radius 1 is 0.737 bits per heavy atom. The van der Waals surface area contributed by atoms with Gasteiger partial charge in [-0.15, -0.1) is 12.4 Å². The fourth-order valence-corrected chi connectivity index (χ4v) is 30.1. The van der Waals surface area contributed by atoms with E-state index in [4.69, 9.17) is 4.43 Å². The van der Waals surface area contributed by atoms with Gasteiger partial charge in [0.05, 0.1) is 7.59 Å². The van der Waals surface area contributed by atoms with E-state index < -0.39 is 15.4 Å². The zero-order chi connectivity index (χ0) is 14.1. The van der Waals surface area contributed by atoms with Gasteiger partial charge in [0.25, 0.3) is 0 Å². The van der Waals surface area contributed by atoms with Gasteiger partial charge in [0, 0.05) is 6.61 Å². The van der Waals surface area contributed by atoms with Crippen LogP contribution < -0.4 is 0 Å². The van der Waals surface area contributed by atoms with E-state index in [1.54, 1.807) is 0 Å². The van der Waals surface area contributed by atoms with E-state index in [2.05, 4.69) is 55.4 Å². The molecule has 1 saturated heterocycles. The number of halogens is 1. The van der Waals surface area contributed by atoms with Crippen molar-refractivity contribution in [3.63, 3.8) is 0 Å². The third-order valence-corrected chi connectivity index (χ3v) is 28.9. The summed E-state index contributed by atoms with van der Waals surface area (Å²) in [6.07, 6.45) is 1.32. The molecule has 0 aromatic carbocycles. The van der Waals surface area contributed by atoms with Crippen LogP contribution in [0.4, 0.5) is 0 Å². The second-order valence-electron chi connectivity index (χ2n) is 7.40. The molecule has 0 atom stereocenters. The van der Waals surface area contributed by atoms with Crippen molar-refractivity contribution in [3.8, 4) is 0 Å². The average Bonchev–Trinajstić information content (AvgIpc) is 2.27. The van der Waals surface area contributed by atoms with Crippen LogP contribution >= 0.6 is 12.4 Å². The van der Waals surface area contributed by atoms with Crippen LogP contribution in [0.5, 0.6) is 0 Å². The summed E-state index contributed by atoms with van der Waals surface area (Å²) < 4.78 is 6.73. The highest BCUT2D eigenvalue weighted by Crippen LogP contribution is 2.54. The molecule has 0 radical (unpaired) electrons. The first-order valence-corrected chi connectivity index (χ1v) is 13.3. The van der Waals surface area contributed by atoms with Crippen LogP contribution in [0.1, 0.15) is 61.8 Å². The Morgan fingerprint density at radius 2 is 1.16 bits per heavy atom. The van der Waals surface area contributed by atoms with Crippen molar-refractivity contribution in [2.45, 2.75) is 90.0 Å². The molecule has 0 aromatic heterocycles. The van der Waals surface area contributed by atoms with E-state index in [0.717, 1.165) is 28.8 Å². The van der Waals surface area contributed by atoms with Gasteiger partial charge in [-0.25, -0.2) is 0 Å². The SMILES string of the molecule is CC(C)[Si]1(C(C)C)CCCO[Si]1(C(C)C)C(C)C.Cl. The van der Waals surface area contributed by atoms with Gasteiger partial charge in [0.2, 0.25) is 0 Å². The Labute approximate surface area is 129 Å². The maximum atomic E-state index is 6.73. The Bertz CT molecular complexity index is 233. The van der Waals surface area contributed by atoms with Crippen molar-refractivity contribution in [1.82, 2.24) is 0 Å². The molecule has 0 aromatic rings. The molecule has 0 aliphatic carbocycles. The summed E-state index contributed by atoms with van der Waals surface area (Å²) in [6.45, 7) is 20.8. The van der Waals surface area contributed by atoms with Gasteiger partial charge in [-0.3, -0.25) is 0 Å². The lowest BCUT2D eigenvalue weighted by atomic mass is 10.5. The Balaban J connectivity index is 0.00000324. The Hall–Kier alpha value is 0.684. The lowest BCUT2D eigenvalue weighted by Gasteiger charge is -2.59. The molecule has 1 rings (SSSR count). The summed E-state index contributed by atoms with van der Waals surface area (Å²) in [4.78, 5) is 0. The molecule has 19 heavy (non-hydrogen) atoms. The van der Waals surface area contributed by atoms with E-state index in [1.165, 1.54) is 12.5 Å². The zero-order valence-corrected chi connectivity index (χ0v) is 17.1. The molecule has 1 nitrogen and oxygen atoms in total. The number of rotatable bonds is 4. The average molecular weight is 323 g/mol. The molecule has 0 spiro atoms. The van der Waals surface area contributed by atoms with Gasteiger partial charge in [-0.2, -0.15) is 0 Å². The summed E-state index contributed by atoms with van der Waals surface area (Å²) in [5.41, 5.74) is 3.28. The van der Waals surface area contributed by atoms with Gasteiger partial charge in [0.15, 0.2) is 7.83 Å². The minimum Gasteiger partial charge on any atom is -0.419 e. The molecule has 0 unspecified atom stereocenters. The molecule has 0 saturated carbocycles. The first-order valence-electron chi connectivity index (χ1n) is 7.87. The maximum Gasteiger partial charge on any atom is 0.185 e. The minimum absolute atomic E-state index is 0. The molecule has 116 valence electrons. The van der Waals surface area contributed by atoms with Crippen LogP contribution in [0, 0.1) is 0 Å². The quantitative estimate of drug-likeness (QED) is 0.582. The highest BCUT2D eigenvalue weighted by molar-refractivity contribution is 7.42. The standard InChI is InChI=1S/C15H34OSi2.ClH/c1-12(2)17(13(3)4)11-9-10-16-18(17,14(5)6)15(7)8;/h12-15H,9-11H2,1-8H3;1H.